The molecule has 0 bridgehead atoms. The molecular formula is C26H37N3O4. The van der Waals surface area contributed by atoms with E-state index in [0.29, 0.717) is 5.56 Å². The van der Waals surface area contributed by atoms with E-state index in [2.05, 4.69) is 16.7 Å². The second kappa shape index (κ2) is 11.2. The summed E-state index contributed by atoms with van der Waals surface area (Å²) in [5.41, 5.74) is 1.76. The van der Waals surface area contributed by atoms with Crippen LogP contribution in [0.4, 0.5) is 4.79 Å². The molecule has 2 atom stereocenters. The molecule has 7 nitrogen and oxygen atoms in total. The van der Waals surface area contributed by atoms with E-state index in [4.69, 9.17) is 11.2 Å². The summed E-state index contributed by atoms with van der Waals surface area (Å²) >= 11 is 0. The third-order valence-electron chi connectivity index (χ3n) is 5.67. The molecule has 1 aliphatic carbocycles. The largest absolute Gasteiger partial charge is 0.444 e. The van der Waals surface area contributed by atoms with Crippen LogP contribution in [0.25, 0.3) is 0 Å². The van der Waals surface area contributed by atoms with Crippen LogP contribution in [0.3, 0.4) is 0 Å². The molecule has 0 saturated heterocycles. The van der Waals surface area contributed by atoms with Crippen LogP contribution in [-0.2, 0) is 14.3 Å². The predicted molar refractivity (Wildman–Crippen MR) is 128 cm³/mol. The van der Waals surface area contributed by atoms with E-state index >= 15 is 0 Å². The van der Waals surface area contributed by atoms with Gasteiger partial charge >= 0.3 is 6.09 Å². The van der Waals surface area contributed by atoms with Crippen molar-refractivity contribution in [3.05, 3.63) is 34.9 Å². The molecule has 2 N–H and O–H groups in total. The number of benzene rings is 1. The van der Waals surface area contributed by atoms with Gasteiger partial charge in [-0.15, -0.1) is 0 Å². The van der Waals surface area contributed by atoms with Crippen LogP contribution in [0.15, 0.2) is 18.2 Å². The standard InChI is InChI=1S/C26H37N3O4/c1-8-29(24(31)19(4)27-25(32)33-26(5,6)7)22(21-16-17(2)14-15-18(21)3)23(30)28-20-12-10-9-11-13-20/h1,14-16,19-20,22H,9-13H2,2-7H3,(H,27,32)(H,28,30). The molecule has 0 aliphatic heterocycles. The molecule has 0 radical (unpaired) electrons. The Morgan fingerprint density at radius 1 is 1.15 bits per heavy atom. The van der Waals surface area contributed by atoms with Crippen molar-refractivity contribution in [2.45, 2.75) is 97.4 Å². The summed E-state index contributed by atoms with van der Waals surface area (Å²) in [6.45, 7) is 10.5. The first-order valence-electron chi connectivity index (χ1n) is 11.6. The van der Waals surface area contributed by atoms with Gasteiger partial charge in [-0.3, -0.25) is 14.5 Å². The fourth-order valence-electron chi connectivity index (χ4n) is 4.00. The van der Waals surface area contributed by atoms with E-state index in [9.17, 15) is 14.4 Å². The molecule has 0 aromatic heterocycles. The van der Waals surface area contributed by atoms with Crippen molar-refractivity contribution in [3.8, 4) is 12.5 Å². The normalized spacial score (nSPS) is 16.2. The lowest BCUT2D eigenvalue weighted by molar-refractivity contribution is -0.138. The van der Waals surface area contributed by atoms with E-state index < -0.39 is 29.7 Å². The molecule has 0 heterocycles. The van der Waals surface area contributed by atoms with Crippen LogP contribution >= 0.6 is 0 Å². The molecule has 1 saturated carbocycles. The van der Waals surface area contributed by atoms with Gasteiger partial charge in [-0.05, 0) is 65.5 Å². The summed E-state index contributed by atoms with van der Waals surface area (Å²) in [5, 5.41) is 5.63. The molecule has 33 heavy (non-hydrogen) atoms. The number of hydrogen-bond acceptors (Lipinski definition) is 4. The number of nitrogens with zero attached hydrogens (tertiary/aromatic N) is 1. The Morgan fingerprint density at radius 3 is 2.36 bits per heavy atom. The average Bonchev–Trinajstić information content (AvgIpc) is 2.72. The lowest BCUT2D eigenvalue weighted by atomic mass is 9.93. The number of carbonyl (C=O) groups excluding carboxylic acids is 3. The summed E-state index contributed by atoms with van der Waals surface area (Å²) in [6.07, 6.45) is 10.2. The zero-order valence-electron chi connectivity index (χ0n) is 20.7. The van der Waals surface area contributed by atoms with Crippen molar-refractivity contribution in [1.82, 2.24) is 15.5 Å². The average molecular weight is 456 g/mol. The number of terminal acetylenes is 1. The lowest BCUT2D eigenvalue weighted by Crippen LogP contribution is -2.51. The third-order valence-corrected chi connectivity index (χ3v) is 5.67. The van der Waals surface area contributed by atoms with Gasteiger partial charge in [-0.1, -0.05) is 49.4 Å². The minimum atomic E-state index is -1.01. The topological polar surface area (TPSA) is 87.7 Å². The fraction of sp³-hybridized carbons (Fsp3) is 0.577. The lowest BCUT2D eigenvalue weighted by Gasteiger charge is -2.32. The summed E-state index contributed by atoms with van der Waals surface area (Å²) < 4.78 is 5.25. The zero-order chi connectivity index (χ0) is 24.8. The maximum atomic E-state index is 13.5. The molecule has 0 spiro atoms. The maximum absolute atomic E-state index is 13.5. The highest BCUT2D eigenvalue weighted by atomic mass is 16.6. The Morgan fingerprint density at radius 2 is 1.79 bits per heavy atom. The zero-order valence-corrected chi connectivity index (χ0v) is 20.7. The summed E-state index contributed by atoms with van der Waals surface area (Å²) in [4.78, 5) is 40.1. The van der Waals surface area contributed by atoms with Gasteiger partial charge in [0.05, 0.1) is 0 Å². The van der Waals surface area contributed by atoms with Crippen LogP contribution in [-0.4, -0.2) is 40.5 Å². The SMILES string of the molecule is C#CN(C(=O)C(C)NC(=O)OC(C)(C)C)C(C(=O)NC1CCCCC1)c1cc(C)ccc1C. The minimum absolute atomic E-state index is 0.0610. The van der Waals surface area contributed by atoms with Gasteiger partial charge in [-0.2, -0.15) is 0 Å². The number of carbonyl (C=O) groups is 3. The number of nitrogens with one attached hydrogen (secondary N) is 2. The minimum Gasteiger partial charge on any atom is -0.444 e. The van der Waals surface area contributed by atoms with Gasteiger partial charge in [-0.25, -0.2) is 4.79 Å². The Bertz CT molecular complexity index is 907. The monoisotopic (exact) mass is 455 g/mol. The van der Waals surface area contributed by atoms with Crippen molar-refractivity contribution in [3.63, 3.8) is 0 Å². The van der Waals surface area contributed by atoms with Crippen LogP contribution < -0.4 is 10.6 Å². The Labute approximate surface area is 197 Å². The van der Waals surface area contributed by atoms with E-state index in [1.54, 1.807) is 20.8 Å². The van der Waals surface area contributed by atoms with Crippen molar-refractivity contribution in [2.75, 3.05) is 0 Å². The molecule has 1 aliphatic rings. The molecule has 1 aromatic rings. The molecule has 3 amide bonds. The molecule has 7 heteroatoms. The van der Waals surface area contributed by atoms with Crippen LogP contribution in [0.1, 0.15) is 82.5 Å². The Balaban J connectivity index is 2.33. The van der Waals surface area contributed by atoms with E-state index in [-0.39, 0.29) is 11.9 Å². The van der Waals surface area contributed by atoms with Gasteiger partial charge in [0.1, 0.15) is 17.7 Å². The first-order chi connectivity index (χ1) is 15.4. The van der Waals surface area contributed by atoms with E-state index in [1.165, 1.54) is 6.92 Å². The van der Waals surface area contributed by atoms with Crippen LogP contribution in [0.5, 0.6) is 0 Å². The summed E-state index contributed by atoms with van der Waals surface area (Å²) in [7, 11) is 0. The van der Waals surface area contributed by atoms with Crippen molar-refractivity contribution >= 4 is 17.9 Å². The first kappa shape index (κ1) is 26.2. The quantitative estimate of drug-likeness (QED) is 0.499. The molecule has 1 fully saturated rings. The highest BCUT2D eigenvalue weighted by Crippen LogP contribution is 2.27. The molecule has 2 rings (SSSR count). The van der Waals surface area contributed by atoms with Gasteiger partial charge in [0.15, 0.2) is 0 Å². The maximum Gasteiger partial charge on any atom is 0.408 e. The van der Waals surface area contributed by atoms with Gasteiger partial charge in [0.2, 0.25) is 5.91 Å². The summed E-state index contributed by atoms with van der Waals surface area (Å²) in [6, 6.07) is 6.21. The van der Waals surface area contributed by atoms with Crippen molar-refractivity contribution in [1.29, 1.82) is 0 Å². The Kier molecular flexibility index (Phi) is 8.92. The smallest absolute Gasteiger partial charge is 0.408 e. The number of hydrogen-bond donors (Lipinski definition) is 2. The predicted octanol–water partition coefficient (Wildman–Crippen LogP) is 4.13. The third kappa shape index (κ3) is 7.52. The van der Waals surface area contributed by atoms with Crippen LogP contribution in [0, 0.1) is 26.3 Å². The van der Waals surface area contributed by atoms with Gasteiger partial charge < -0.3 is 15.4 Å². The van der Waals surface area contributed by atoms with Crippen molar-refractivity contribution < 1.29 is 19.1 Å². The molecule has 1 aromatic carbocycles. The first-order valence-corrected chi connectivity index (χ1v) is 11.6. The second-order valence-corrected chi connectivity index (χ2v) is 9.81. The number of rotatable bonds is 6. The highest BCUT2D eigenvalue weighted by molar-refractivity contribution is 5.93. The molecular weight excluding hydrogens is 418 g/mol. The van der Waals surface area contributed by atoms with Gasteiger partial charge in [0, 0.05) is 12.1 Å². The number of alkyl carbamates (subject to hydrolysis) is 1. The number of ether oxygens (including phenoxy) is 1. The fourth-order valence-corrected chi connectivity index (χ4v) is 4.00. The highest BCUT2D eigenvalue weighted by Gasteiger charge is 2.36. The Hall–Kier alpha value is -3.01. The second-order valence-electron chi connectivity index (χ2n) is 9.81. The summed E-state index contributed by atoms with van der Waals surface area (Å²) in [5.74, 6) is -0.876. The number of amides is 3. The van der Waals surface area contributed by atoms with Crippen molar-refractivity contribution in [2.24, 2.45) is 0 Å². The molecule has 180 valence electrons. The molecule has 2 unspecified atom stereocenters. The van der Waals surface area contributed by atoms with E-state index in [1.807, 2.05) is 32.0 Å². The van der Waals surface area contributed by atoms with Crippen LogP contribution in [0.2, 0.25) is 0 Å². The van der Waals surface area contributed by atoms with E-state index in [0.717, 1.165) is 48.1 Å². The van der Waals surface area contributed by atoms with Gasteiger partial charge in [0.25, 0.3) is 5.91 Å². The number of aryl methyl sites for hydroxylation is 2.